The Kier molecular flexibility index (Phi) is 4.04. The van der Waals surface area contributed by atoms with Gasteiger partial charge >= 0.3 is 0 Å². The molecule has 3 nitrogen and oxygen atoms in total. The number of aryl methyl sites for hydroxylation is 2. The highest BCUT2D eigenvalue weighted by molar-refractivity contribution is 6.32. The van der Waals surface area contributed by atoms with Gasteiger partial charge in [0.25, 0.3) is 5.56 Å². The number of H-pyrrole nitrogens is 1. The summed E-state index contributed by atoms with van der Waals surface area (Å²) in [6.07, 6.45) is 2.65. The molecule has 0 radical (unpaired) electrons. The first-order valence-corrected chi connectivity index (χ1v) is 6.52. The van der Waals surface area contributed by atoms with Crippen molar-refractivity contribution in [1.29, 1.82) is 0 Å². The third-order valence-corrected chi connectivity index (χ3v) is 3.60. The van der Waals surface area contributed by atoms with E-state index in [0.717, 1.165) is 41.3 Å². The average molecular weight is 265 g/mol. The van der Waals surface area contributed by atoms with Gasteiger partial charge in [-0.2, -0.15) is 0 Å². The van der Waals surface area contributed by atoms with E-state index >= 15 is 0 Å². The number of nitrogens with two attached hydrogens (primary N) is 1. The Bertz CT molecular complexity index is 619. The van der Waals surface area contributed by atoms with E-state index in [1.165, 1.54) is 0 Å². The van der Waals surface area contributed by atoms with Gasteiger partial charge in [0.15, 0.2) is 0 Å². The van der Waals surface area contributed by atoms with E-state index in [0.29, 0.717) is 11.6 Å². The minimum atomic E-state index is -0.0233. The molecule has 0 fully saturated rings. The fourth-order valence-corrected chi connectivity index (χ4v) is 2.24. The molecule has 0 saturated heterocycles. The van der Waals surface area contributed by atoms with E-state index in [-0.39, 0.29) is 5.56 Å². The number of pyridine rings is 1. The quantitative estimate of drug-likeness (QED) is 0.835. The Morgan fingerprint density at radius 3 is 2.83 bits per heavy atom. The van der Waals surface area contributed by atoms with Crippen LogP contribution in [0.5, 0.6) is 0 Å². The van der Waals surface area contributed by atoms with E-state index in [1.54, 1.807) is 0 Å². The summed E-state index contributed by atoms with van der Waals surface area (Å²) in [7, 11) is 0. The number of aromatic amines is 1. The number of hydrogen-bond acceptors (Lipinski definition) is 2. The summed E-state index contributed by atoms with van der Waals surface area (Å²) in [4.78, 5) is 14.9. The maximum atomic E-state index is 12.0. The van der Waals surface area contributed by atoms with Crippen LogP contribution in [0.3, 0.4) is 0 Å². The molecule has 0 aliphatic heterocycles. The summed E-state index contributed by atoms with van der Waals surface area (Å²) in [5.41, 5.74) is 8.00. The van der Waals surface area contributed by atoms with Crippen LogP contribution in [-0.4, -0.2) is 11.5 Å². The number of rotatable bonds is 4. The van der Waals surface area contributed by atoms with E-state index in [2.05, 4.69) is 4.98 Å². The molecule has 2 rings (SSSR count). The topological polar surface area (TPSA) is 58.9 Å². The lowest BCUT2D eigenvalue weighted by molar-refractivity contribution is 0.740. The molecule has 0 spiro atoms. The molecular formula is C14H17ClN2O. The van der Waals surface area contributed by atoms with Crippen LogP contribution < -0.4 is 11.3 Å². The van der Waals surface area contributed by atoms with Crippen LogP contribution in [0.2, 0.25) is 5.02 Å². The van der Waals surface area contributed by atoms with Crippen LogP contribution >= 0.6 is 11.6 Å². The van der Waals surface area contributed by atoms with Gasteiger partial charge < -0.3 is 10.7 Å². The van der Waals surface area contributed by atoms with E-state index < -0.39 is 0 Å². The summed E-state index contributed by atoms with van der Waals surface area (Å²) >= 11 is 6.05. The number of hydrogen-bond donors (Lipinski definition) is 2. The van der Waals surface area contributed by atoms with E-state index in [9.17, 15) is 4.79 Å². The van der Waals surface area contributed by atoms with Crippen molar-refractivity contribution in [1.82, 2.24) is 4.98 Å². The molecule has 0 bridgehead atoms. The maximum Gasteiger partial charge on any atom is 0.251 e. The maximum absolute atomic E-state index is 12.0. The second-order valence-electron chi connectivity index (χ2n) is 4.51. The molecule has 1 aromatic carbocycles. The van der Waals surface area contributed by atoms with Crippen LogP contribution in [0.25, 0.3) is 10.9 Å². The predicted octanol–water partition coefficient (Wildman–Crippen LogP) is 2.77. The second-order valence-corrected chi connectivity index (χ2v) is 4.91. The van der Waals surface area contributed by atoms with Gasteiger partial charge in [-0.05, 0) is 55.8 Å². The number of halogens is 1. The van der Waals surface area contributed by atoms with E-state index in [4.69, 9.17) is 17.3 Å². The SMILES string of the molecule is Cc1c(Cl)ccc2cc(CCCCN)c(=O)[nH]c12. The van der Waals surface area contributed by atoms with Crippen molar-refractivity contribution in [2.45, 2.75) is 26.2 Å². The lowest BCUT2D eigenvalue weighted by Gasteiger charge is -2.06. The summed E-state index contributed by atoms with van der Waals surface area (Å²) in [5.74, 6) is 0. The molecule has 18 heavy (non-hydrogen) atoms. The monoisotopic (exact) mass is 264 g/mol. The number of aromatic nitrogens is 1. The van der Waals surface area contributed by atoms with Gasteiger partial charge in [0.2, 0.25) is 0 Å². The van der Waals surface area contributed by atoms with Crippen molar-refractivity contribution in [3.05, 3.63) is 44.7 Å². The molecule has 1 aromatic heterocycles. The van der Waals surface area contributed by atoms with Crippen LogP contribution in [0.1, 0.15) is 24.0 Å². The highest BCUT2D eigenvalue weighted by Gasteiger charge is 2.06. The van der Waals surface area contributed by atoms with Crippen LogP contribution in [-0.2, 0) is 6.42 Å². The van der Waals surface area contributed by atoms with Crippen LogP contribution in [0.4, 0.5) is 0 Å². The van der Waals surface area contributed by atoms with Crippen LogP contribution in [0, 0.1) is 6.92 Å². The summed E-state index contributed by atoms with van der Waals surface area (Å²) in [6, 6.07) is 5.75. The zero-order chi connectivity index (χ0) is 13.1. The molecule has 1 heterocycles. The largest absolute Gasteiger partial charge is 0.330 e. The summed E-state index contributed by atoms with van der Waals surface area (Å²) < 4.78 is 0. The van der Waals surface area contributed by atoms with Crippen LogP contribution in [0.15, 0.2) is 23.0 Å². The number of benzene rings is 1. The Morgan fingerprint density at radius 2 is 2.11 bits per heavy atom. The fourth-order valence-electron chi connectivity index (χ4n) is 2.09. The molecule has 3 N–H and O–H groups in total. The standard InChI is InChI=1S/C14H17ClN2O/c1-9-12(15)6-5-10-8-11(4-2-3-7-16)14(18)17-13(9)10/h5-6,8H,2-4,7,16H2,1H3,(H,17,18). The Morgan fingerprint density at radius 1 is 1.33 bits per heavy atom. The van der Waals surface area contributed by atoms with Gasteiger partial charge in [0, 0.05) is 10.6 Å². The highest BCUT2D eigenvalue weighted by Crippen LogP contribution is 2.23. The molecule has 2 aromatic rings. The van der Waals surface area contributed by atoms with E-state index in [1.807, 2.05) is 25.1 Å². The first-order chi connectivity index (χ1) is 8.63. The highest BCUT2D eigenvalue weighted by atomic mass is 35.5. The zero-order valence-electron chi connectivity index (χ0n) is 10.4. The van der Waals surface area contributed by atoms with Crippen molar-refractivity contribution in [3.63, 3.8) is 0 Å². The van der Waals surface area contributed by atoms with Gasteiger partial charge in [-0.1, -0.05) is 17.7 Å². The molecule has 4 heteroatoms. The zero-order valence-corrected chi connectivity index (χ0v) is 11.2. The molecule has 0 aliphatic rings. The van der Waals surface area contributed by atoms with Gasteiger partial charge in [-0.25, -0.2) is 0 Å². The lowest BCUT2D eigenvalue weighted by Crippen LogP contribution is -2.13. The molecule has 0 aliphatic carbocycles. The molecule has 0 unspecified atom stereocenters. The van der Waals surface area contributed by atoms with Gasteiger partial charge in [0.05, 0.1) is 5.52 Å². The van der Waals surface area contributed by atoms with Crippen molar-refractivity contribution in [2.75, 3.05) is 6.54 Å². The normalized spacial score (nSPS) is 11.1. The first kappa shape index (κ1) is 13.1. The molecule has 96 valence electrons. The molecular weight excluding hydrogens is 248 g/mol. The predicted molar refractivity (Wildman–Crippen MR) is 76.3 cm³/mol. The molecule has 0 saturated carbocycles. The number of fused-ring (bicyclic) bond motifs is 1. The molecule has 0 atom stereocenters. The third kappa shape index (κ3) is 2.57. The van der Waals surface area contributed by atoms with Crippen molar-refractivity contribution in [2.24, 2.45) is 5.73 Å². The molecule has 0 amide bonds. The minimum absolute atomic E-state index is 0.0233. The van der Waals surface area contributed by atoms with Gasteiger partial charge in [-0.15, -0.1) is 0 Å². The summed E-state index contributed by atoms with van der Waals surface area (Å²) in [5, 5.41) is 1.70. The fraction of sp³-hybridized carbons (Fsp3) is 0.357. The van der Waals surface area contributed by atoms with Gasteiger partial charge in [0.1, 0.15) is 0 Å². The van der Waals surface area contributed by atoms with Gasteiger partial charge in [-0.3, -0.25) is 4.79 Å². The number of nitrogens with one attached hydrogen (secondary N) is 1. The number of unbranched alkanes of at least 4 members (excludes halogenated alkanes) is 1. The third-order valence-electron chi connectivity index (χ3n) is 3.19. The smallest absolute Gasteiger partial charge is 0.251 e. The Labute approximate surface area is 111 Å². The van der Waals surface area contributed by atoms with Crippen molar-refractivity contribution in [3.8, 4) is 0 Å². The minimum Gasteiger partial charge on any atom is -0.330 e. The second kappa shape index (κ2) is 5.55. The Balaban J connectivity index is 2.43. The lowest BCUT2D eigenvalue weighted by atomic mass is 10.1. The summed E-state index contributed by atoms with van der Waals surface area (Å²) in [6.45, 7) is 2.58. The Hall–Kier alpha value is -1.32. The average Bonchev–Trinajstić information content (AvgIpc) is 2.36. The van der Waals surface area contributed by atoms with Crippen molar-refractivity contribution < 1.29 is 0 Å². The van der Waals surface area contributed by atoms with Crippen molar-refractivity contribution >= 4 is 22.5 Å². The first-order valence-electron chi connectivity index (χ1n) is 6.14.